The number of benzene rings is 1. The summed E-state index contributed by atoms with van der Waals surface area (Å²) in [7, 11) is 2.34. The van der Waals surface area contributed by atoms with Crippen LogP contribution in [0.3, 0.4) is 0 Å². The largest absolute Gasteiger partial charge is 0.491 e. The number of halogens is 3. The first kappa shape index (κ1) is 31.8. The number of nitrogens with one attached hydrogen (secondary N) is 1. The maximum Gasteiger partial charge on any atom is 0.491 e. The molecule has 0 aromatic heterocycles. The summed E-state index contributed by atoms with van der Waals surface area (Å²) in [6.07, 6.45) is 1.59. The zero-order valence-corrected chi connectivity index (χ0v) is 22.5. The predicted molar refractivity (Wildman–Crippen MR) is 132 cm³/mol. The Balaban J connectivity index is 2.90. The van der Waals surface area contributed by atoms with Gasteiger partial charge < -0.3 is 9.22 Å². The number of unbranched alkanes of at least 4 members (excludes halogenated alkanes) is 5. The Kier molecular flexibility index (Phi) is 12.3. The van der Waals surface area contributed by atoms with E-state index in [1.807, 2.05) is 6.07 Å². The van der Waals surface area contributed by atoms with Crippen LogP contribution < -0.4 is 9.03 Å². The number of rotatable bonds is 15. The van der Waals surface area contributed by atoms with Gasteiger partial charge in [0.05, 0.1) is 45.8 Å². The molecule has 0 saturated heterocycles. The second-order valence-corrected chi connectivity index (χ2v) is 11.6. The number of quaternary nitrogens is 1. The number of carbonyl (C=O) groups is 2. The summed E-state index contributed by atoms with van der Waals surface area (Å²) in [5.41, 5.74) is 1.40. The fraction of sp³-hybridized carbons (Fsp3) is 0.667. The molecule has 36 heavy (non-hydrogen) atoms. The zero-order chi connectivity index (χ0) is 27.6. The number of carbonyl (C=O) groups excluding carboxylic acids is 2. The molecule has 0 aliphatic carbocycles. The Hall–Kier alpha value is -2.18. The van der Waals surface area contributed by atoms with E-state index in [2.05, 4.69) is 16.4 Å². The number of nitrogens with zero attached hydrogens (tertiary/aromatic N) is 2. The topological polar surface area (TPSA) is 92.8 Å². The lowest BCUT2D eigenvalue weighted by Gasteiger charge is -2.30. The fourth-order valence-electron chi connectivity index (χ4n) is 3.65. The van der Waals surface area contributed by atoms with Gasteiger partial charge in [-0.2, -0.15) is 26.3 Å². The highest BCUT2D eigenvalue weighted by Crippen LogP contribution is 2.21. The molecule has 1 aromatic rings. The third kappa shape index (κ3) is 12.2. The Bertz CT molecular complexity index is 962. The summed E-state index contributed by atoms with van der Waals surface area (Å²) < 4.78 is 70.8. The summed E-state index contributed by atoms with van der Waals surface area (Å²) >= 11 is 0. The maximum absolute atomic E-state index is 13.1. The van der Waals surface area contributed by atoms with Crippen LogP contribution in [0.5, 0.6) is 0 Å². The summed E-state index contributed by atoms with van der Waals surface area (Å²) in [6, 6.07) is 5.98. The zero-order valence-electron chi connectivity index (χ0n) is 21.7. The second kappa shape index (κ2) is 13.9. The number of hydrogen-bond donors (Lipinski definition) is 1. The highest BCUT2D eigenvalue weighted by Gasteiger charge is 2.43. The lowest BCUT2D eigenvalue weighted by molar-refractivity contribution is -0.871. The Labute approximate surface area is 212 Å². The molecular weight excluding hydrogens is 499 g/mol. The number of alkyl halides is 3. The third-order valence-electron chi connectivity index (χ3n) is 5.39. The first-order chi connectivity index (χ1) is 16.5. The van der Waals surface area contributed by atoms with Crippen molar-refractivity contribution in [3.05, 3.63) is 29.8 Å². The summed E-state index contributed by atoms with van der Waals surface area (Å²) in [6.45, 7) is 2.22. The van der Waals surface area contributed by atoms with E-state index in [0.29, 0.717) is 5.69 Å². The van der Waals surface area contributed by atoms with E-state index in [9.17, 15) is 31.2 Å². The monoisotopic (exact) mass is 538 g/mol. The lowest BCUT2D eigenvalue weighted by atomic mass is 10.0. The molecular formula is C24H39F3N3O5S+. The molecule has 0 unspecified atom stereocenters. The summed E-state index contributed by atoms with van der Waals surface area (Å²) in [5, 5.41) is 0. The van der Waals surface area contributed by atoms with Gasteiger partial charge >= 0.3 is 28.3 Å². The van der Waals surface area contributed by atoms with Crippen LogP contribution in [0.1, 0.15) is 57.4 Å². The highest BCUT2D eigenvalue weighted by atomic mass is 32.2. The minimum atomic E-state index is -5.33. The molecule has 0 spiro atoms. The Morgan fingerprint density at radius 2 is 1.69 bits per heavy atom. The van der Waals surface area contributed by atoms with Crippen LogP contribution in [0.4, 0.5) is 18.9 Å². The number of likely N-dealkylation sites (N-methyl/N-ethyl adjacent to an activating group) is 1. The molecule has 8 nitrogen and oxygen atoms in total. The third-order valence-corrected chi connectivity index (χ3v) is 6.95. The second-order valence-electron chi connectivity index (χ2n) is 9.91. The normalized spacial score (nSPS) is 13.3. The van der Waals surface area contributed by atoms with Crippen LogP contribution in [-0.4, -0.2) is 71.8 Å². The Morgan fingerprint density at radius 1 is 1.08 bits per heavy atom. The van der Waals surface area contributed by atoms with Crippen molar-refractivity contribution in [3.8, 4) is 0 Å². The molecule has 0 saturated carbocycles. The lowest BCUT2D eigenvalue weighted by Crippen LogP contribution is -2.52. The van der Waals surface area contributed by atoms with Crippen LogP contribution in [0.2, 0.25) is 0 Å². The van der Waals surface area contributed by atoms with Crippen molar-refractivity contribution in [2.75, 3.05) is 39.0 Å². The average molecular weight is 539 g/mol. The van der Waals surface area contributed by atoms with E-state index < -0.39 is 40.8 Å². The minimum Gasteiger partial charge on any atom is -0.386 e. The van der Waals surface area contributed by atoms with Crippen molar-refractivity contribution in [2.45, 2.75) is 70.5 Å². The average Bonchev–Trinajstić information content (AvgIpc) is 2.73. The molecule has 0 radical (unpaired) electrons. The van der Waals surface area contributed by atoms with Crippen molar-refractivity contribution >= 4 is 27.8 Å². The molecule has 206 valence electrons. The molecule has 1 N–H and O–H groups in total. The fourth-order valence-corrected chi connectivity index (χ4v) is 4.78. The van der Waals surface area contributed by atoms with Gasteiger partial charge in [0.25, 0.3) is 0 Å². The maximum atomic E-state index is 13.1. The number of esters is 2. The van der Waals surface area contributed by atoms with E-state index in [0.717, 1.165) is 35.6 Å². The molecule has 12 heteroatoms. The van der Waals surface area contributed by atoms with Gasteiger partial charge in [0, 0.05) is 7.05 Å². The quantitative estimate of drug-likeness (QED) is 0.158. The highest BCUT2D eigenvalue weighted by molar-refractivity contribution is 7.90. The molecule has 0 fully saturated rings. The van der Waals surface area contributed by atoms with Crippen molar-refractivity contribution in [3.63, 3.8) is 0 Å². The van der Waals surface area contributed by atoms with Crippen LogP contribution >= 0.6 is 0 Å². The standard InChI is InChI=1S/C24H39F3N3O5S/c1-6-7-8-9-10-11-13-19-14-12-15-21(16-19)29(2)36(33,34)28-20(18-30(3,4)5)17-22(31)35-23(32)24(25,26)27/h12,14-16,20,28H,6-11,13,17-18H2,1-5H3/q+1/t20-/m1/s1. The molecule has 0 aliphatic heterocycles. The van der Waals surface area contributed by atoms with Crippen molar-refractivity contribution in [1.82, 2.24) is 4.72 Å². The summed E-state index contributed by atoms with van der Waals surface area (Å²) in [4.78, 5) is 22.9. The smallest absolute Gasteiger partial charge is 0.386 e. The van der Waals surface area contributed by atoms with Gasteiger partial charge in [0.2, 0.25) is 0 Å². The SMILES string of the molecule is CCCCCCCCc1cccc(N(C)S(=O)(=O)N[C@H](CC(=O)OC(=O)C(F)(F)F)C[N+](C)(C)C)c1. The van der Waals surface area contributed by atoms with Gasteiger partial charge in [-0.25, -0.2) is 4.79 Å². The summed E-state index contributed by atoms with van der Waals surface area (Å²) in [5.74, 6) is -4.11. The van der Waals surface area contributed by atoms with Gasteiger partial charge in [-0.05, 0) is 30.5 Å². The van der Waals surface area contributed by atoms with Crippen LogP contribution in [0.15, 0.2) is 24.3 Å². The molecule has 1 rings (SSSR count). The van der Waals surface area contributed by atoms with Crippen molar-refractivity contribution in [2.24, 2.45) is 0 Å². The first-order valence-electron chi connectivity index (χ1n) is 12.0. The van der Waals surface area contributed by atoms with Gasteiger partial charge in [-0.3, -0.25) is 9.10 Å². The Morgan fingerprint density at radius 3 is 2.28 bits per heavy atom. The number of hydrogen-bond acceptors (Lipinski definition) is 5. The van der Waals surface area contributed by atoms with E-state index in [4.69, 9.17) is 0 Å². The number of aryl methyl sites for hydroxylation is 1. The van der Waals surface area contributed by atoms with Gasteiger partial charge in [0.15, 0.2) is 0 Å². The molecule has 1 aromatic carbocycles. The van der Waals surface area contributed by atoms with Crippen LogP contribution in [0, 0.1) is 0 Å². The molecule has 0 aliphatic rings. The molecule has 0 heterocycles. The predicted octanol–water partition coefficient (Wildman–Crippen LogP) is 3.96. The molecule has 1 atom stereocenters. The van der Waals surface area contributed by atoms with E-state index in [-0.39, 0.29) is 11.0 Å². The minimum absolute atomic E-state index is 0.0560. The van der Waals surface area contributed by atoms with Gasteiger partial charge in [0.1, 0.15) is 0 Å². The molecule has 0 bridgehead atoms. The molecule has 0 amide bonds. The van der Waals surface area contributed by atoms with Gasteiger partial charge in [-0.1, -0.05) is 51.2 Å². The number of ether oxygens (including phenoxy) is 1. The van der Waals surface area contributed by atoms with Gasteiger partial charge in [-0.15, -0.1) is 0 Å². The van der Waals surface area contributed by atoms with E-state index in [1.165, 1.54) is 26.3 Å². The van der Waals surface area contributed by atoms with Crippen LogP contribution in [-0.2, 0) is 31.0 Å². The van der Waals surface area contributed by atoms with Crippen LogP contribution in [0.25, 0.3) is 0 Å². The first-order valence-corrected chi connectivity index (χ1v) is 13.5. The van der Waals surface area contributed by atoms with E-state index >= 15 is 0 Å². The van der Waals surface area contributed by atoms with E-state index in [1.54, 1.807) is 39.3 Å². The van der Waals surface area contributed by atoms with Crippen molar-refractivity contribution < 1.29 is 40.4 Å². The number of anilines is 1. The van der Waals surface area contributed by atoms with Crippen molar-refractivity contribution in [1.29, 1.82) is 0 Å².